The minimum absolute atomic E-state index is 0.449. The molecular weight excluding hydrogens is 362 g/mol. The third-order valence-corrected chi connectivity index (χ3v) is 5.62. The highest BCUT2D eigenvalue weighted by Crippen LogP contribution is 2.32. The van der Waals surface area contributed by atoms with Crippen LogP contribution >= 0.6 is 22.9 Å². The summed E-state index contributed by atoms with van der Waals surface area (Å²) in [5.41, 5.74) is 10.0. The molecule has 2 heterocycles. The molecule has 0 amide bonds. The van der Waals surface area contributed by atoms with E-state index in [0.29, 0.717) is 11.2 Å². The summed E-state index contributed by atoms with van der Waals surface area (Å²) in [6.45, 7) is 2.84. The first-order valence-corrected chi connectivity index (χ1v) is 10.1. The van der Waals surface area contributed by atoms with E-state index < -0.39 is 0 Å². The fraction of sp³-hybridized carbons (Fsp3) is 0.286. The zero-order chi connectivity index (χ0) is 18.4. The lowest BCUT2D eigenvalue weighted by Crippen LogP contribution is -2.19. The molecule has 0 spiro atoms. The standard InChI is InChI=1S/C15H13ClN2S.C6H11N/c1-10-9-19-15-12(7-13(16)18-14(10)15)17-8-11-5-3-2-4-6-11;7-6-4-2-1-3-5-6/h2-7,9H,8H2,1H3,(H,17,18);1-2,6H,3-5,7H2. The maximum atomic E-state index is 6.09. The molecule has 1 aliphatic carbocycles. The molecular formula is C21H24ClN3S. The van der Waals surface area contributed by atoms with E-state index in [1.807, 2.05) is 24.3 Å². The molecule has 2 aromatic heterocycles. The van der Waals surface area contributed by atoms with E-state index in [4.69, 9.17) is 17.3 Å². The lowest BCUT2D eigenvalue weighted by atomic mass is 10.0. The molecule has 1 aromatic carbocycles. The number of thiophene rings is 1. The van der Waals surface area contributed by atoms with Crippen molar-refractivity contribution >= 4 is 38.8 Å². The van der Waals surface area contributed by atoms with Crippen LogP contribution in [0.15, 0.2) is 53.9 Å². The Morgan fingerprint density at radius 3 is 2.73 bits per heavy atom. The van der Waals surface area contributed by atoms with Gasteiger partial charge in [-0.25, -0.2) is 4.98 Å². The van der Waals surface area contributed by atoms with Gasteiger partial charge in [0.25, 0.3) is 0 Å². The molecule has 3 aromatic rings. The van der Waals surface area contributed by atoms with E-state index in [1.54, 1.807) is 11.3 Å². The Morgan fingerprint density at radius 2 is 2.08 bits per heavy atom. The fourth-order valence-electron chi connectivity index (χ4n) is 2.83. The highest BCUT2D eigenvalue weighted by molar-refractivity contribution is 7.18. The van der Waals surface area contributed by atoms with Crippen LogP contribution in [0, 0.1) is 6.92 Å². The predicted molar refractivity (Wildman–Crippen MR) is 114 cm³/mol. The number of nitrogens with zero attached hydrogens (tertiary/aromatic N) is 1. The first-order valence-electron chi connectivity index (χ1n) is 8.86. The molecule has 3 N–H and O–H groups in total. The van der Waals surface area contributed by atoms with Crippen molar-refractivity contribution < 1.29 is 0 Å². The van der Waals surface area contributed by atoms with Crippen molar-refractivity contribution in [2.75, 3.05) is 5.32 Å². The van der Waals surface area contributed by atoms with Gasteiger partial charge in [0.15, 0.2) is 0 Å². The van der Waals surface area contributed by atoms with Crippen LogP contribution in [0.5, 0.6) is 0 Å². The van der Waals surface area contributed by atoms with Crippen LogP contribution in [-0.2, 0) is 6.54 Å². The molecule has 1 unspecified atom stereocenters. The molecule has 0 saturated heterocycles. The normalized spacial score (nSPS) is 16.2. The zero-order valence-electron chi connectivity index (χ0n) is 14.9. The molecule has 0 bridgehead atoms. The molecule has 3 nitrogen and oxygen atoms in total. The Labute approximate surface area is 163 Å². The molecule has 5 heteroatoms. The second kappa shape index (κ2) is 9.17. The van der Waals surface area contributed by atoms with Gasteiger partial charge in [0.05, 0.1) is 15.9 Å². The topological polar surface area (TPSA) is 50.9 Å². The molecule has 0 fully saturated rings. The van der Waals surface area contributed by atoms with E-state index >= 15 is 0 Å². The number of hydrogen-bond acceptors (Lipinski definition) is 4. The number of pyridine rings is 1. The minimum atomic E-state index is 0.449. The highest BCUT2D eigenvalue weighted by atomic mass is 35.5. The Morgan fingerprint density at radius 1 is 1.27 bits per heavy atom. The summed E-state index contributed by atoms with van der Waals surface area (Å²) >= 11 is 7.79. The Hall–Kier alpha value is -1.88. The minimum Gasteiger partial charge on any atom is -0.380 e. The van der Waals surface area contributed by atoms with E-state index in [0.717, 1.165) is 28.9 Å². The van der Waals surface area contributed by atoms with Gasteiger partial charge in [0.1, 0.15) is 5.15 Å². The Bertz CT molecular complexity index is 874. The summed E-state index contributed by atoms with van der Waals surface area (Å²) in [4.78, 5) is 4.39. The molecule has 1 aliphatic rings. The molecule has 0 saturated carbocycles. The second-order valence-electron chi connectivity index (χ2n) is 6.47. The number of nitrogens with one attached hydrogen (secondary N) is 1. The number of aromatic nitrogens is 1. The number of halogens is 1. The zero-order valence-corrected chi connectivity index (χ0v) is 16.5. The number of benzene rings is 1. The SMILES string of the molecule is Cc1csc2c(NCc3ccccc3)cc(Cl)nc12.NC1CC=CCC1. The van der Waals surface area contributed by atoms with Crippen molar-refractivity contribution in [1.29, 1.82) is 0 Å². The van der Waals surface area contributed by atoms with Crippen molar-refractivity contribution in [2.24, 2.45) is 5.73 Å². The quantitative estimate of drug-likeness (QED) is 0.434. The Balaban J connectivity index is 0.000000236. The Kier molecular flexibility index (Phi) is 6.67. The summed E-state index contributed by atoms with van der Waals surface area (Å²) in [5.74, 6) is 0. The summed E-state index contributed by atoms with van der Waals surface area (Å²) in [6.07, 6.45) is 7.80. The fourth-order valence-corrected chi connectivity index (χ4v) is 4.01. The molecule has 26 heavy (non-hydrogen) atoms. The van der Waals surface area contributed by atoms with Gasteiger partial charge in [0, 0.05) is 18.7 Å². The van der Waals surface area contributed by atoms with Gasteiger partial charge >= 0.3 is 0 Å². The van der Waals surface area contributed by atoms with E-state index in [9.17, 15) is 0 Å². The summed E-state index contributed by atoms with van der Waals surface area (Å²) in [5, 5.41) is 6.09. The smallest absolute Gasteiger partial charge is 0.131 e. The first-order chi connectivity index (χ1) is 12.6. The third kappa shape index (κ3) is 5.07. The van der Waals surface area contributed by atoms with Gasteiger partial charge in [-0.3, -0.25) is 0 Å². The predicted octanol–water partition coefficient (Wildman–Crippen LogP) is 5.92. The third-order valence-electron chi connectivity index (χ3n) is 4.30. The lowest BCUT2D eigenvalue weighted by molar-refractivity contribution is 0.606. The van der Waals surface area contributed by atoms with Gasteiger partial charge < -0.3 is 11.1 Å². The summed E-state index contributed by atoms with van der Waals surface area (Å²) in [6, 6.07) is 12.7. The summed E-state index contributed by atoms with van der Waals surface area (Å²) < 4.78 is 1.16. The molecule has 0 radical (unpaired) electrons. The average Bonchev–Trinajstić information content (AvgIpc) is 3.03. The monoisotopic (exact) mass is 385 g/mol. The van der Waals surface area contributed by atoms with Crippen molar-refractivity contribution in [2.45, 2.75) is 38.8 Å². The molecule has 136 valence electrons. The van der Waals surface area contributed by atoms with Gasteiger partial charge in [-0.15, -0.1) is 11.3 Å². The number of nitrogens with two attached hydrogens (primary N) is 1. The highest BCUT2D eigenvalue weighted by Gasteiger charge is 2.09. The molecule has 1 atom stereocenters. The second-order valence-corrected chi connectivity index (χ2v) is 7.74. The van der Waals surface area contributed by atoms with E-state index in [-0.39, 0.29) is 0 Å². The number of hydrogen-bond donors (Lipinski definition) is 2. The van der Waals surface area contributed by atoms with E-state index in [1.165, 1.54) is 24.0 Å². The van der Waals surface area contributed by atoms with Crippen molar-refractivity contribution in [1.82, 2.24) is 4.98 Å². The van der Waals surface area contributed by atoms with Crippen LogP contribution in [0.4, 0.5) is 5.69 Å². The number of allylic oxidation sites excluding steroid dienone is 1. The number of aryl methyl sites for hydroxylation is 1. The van der Waals surface area contributed by atoms with Crippen molar-refractivity contribution in [3.05, 3.63) is 70.2 Å². The first kappa shape index (κ1) is 18.9. The summed E-state index contributed by atoms with van der Waals surface area (Å²) in [7, 11) is 0. The van der Waals surface area contributed by atoms with Gasteiger partial charge in [-0.1, -0.05) is 54.1 Å². The van der Waals surface area contributed by atoms with Crippen LogP contribution in [0.1, 0.15) is 30.4 Å². The largest absolute Gasteiger partial charge is 0.380 e. The number of anilines is 1. The van der Waals surface area contributed by atoms with Crippen LogP contribution in [0.25, 0.3) is 10.2 Å². The molecule has 0 aliphatic heterocycles. The van der Waals surface area contributed by atoms with Crippen LogP contribution in [-0.4, -0.2) is 11.0 Å². The van der Waals surface area contributed by atoms with Crippen molar-refractivity contribution in [3.63, 3.8) is 0 Å². The maximum absolute atomic E-state index is 6.09. The number of fused-ring (bicyclic) bond motifs is 1. The number of rotatable bonds is 3. The van der Waals surface area contributed by atoms with Crippen LogP contribution in [0.3, 0.4) is 0 Å². The van der Waals surface area contributed by atoms with Crippen molar-refractivity contribution in [3.8, 4) is 0 Å². The molecule has 4 rings (SSSR count). The van der Waals surface area contributed by atoms with Gasteiger partial charge in [0.2, 0.25) is 0 Å². The van der Waals surface area contributed by atoms with Gasteiger partial charge in [-0.05, 0) is 42.7 Å². The van der Waals surface area contributed by atoms with E-state index in [2.05, 4.69) is 46.9 Å². The van der Waals surface area contributed by atoms with Gasteiger partial charge in [-0.2, -0.15) is 0 Å². The van der Waals surface area contributed by atoms with Crippen LogP contribution in [0.2, 0.25) is 5.15 Å². The van der Waals surface area contributed by atoms with Crippen LogP contribution < -0.4 is 11.1 Å². The maximum Gasteiger partial charge on any atom is 0.131 e. The lowest BCUT2D eigenvalue weighted by Gasteiger charge is -2.09. The average molecular weight is 386 g/mol.